The highest BCUT2D eigenvalue weighted by Crippen LogP contribution is 2.22. The molecule has 1 aliphatic rings. The standard InChI is InChI=1S/C22H24F2N4O6/c1-33-18(29)5-2-9-25-20(30)19-16(8-10-28(19)21(31)17-4-3-11-34-17)27-22(32)26-15-7-6-13(23)12-14(15)24/h3-4,6-7,11-12,16,19H,2,5,8-10H2,1H3,(H,25,30)(H2,26,27,32). The van der Waals surface area contributed by atoms with Crippen LogP contribution in [0.3, 0.4) is 0 Å². The van der Waals surface area contributed by atoms with Gasteiger partial charge in [-0.1, -0.05) is 0 Å². The predicted molar refractivity (Wildman–Crippen MR) is 115 cm³/mol. The molecule has 1 saturated heterocycles. The smallest absolute Gasteiger partial charge is 0.319 e. The fourth-order valence-electron chi connectivity index (χ4n) is 3.61. The Morgan fingerprint density at radius 3 is 2.68 bits per heavy atom. The Kier molecular flexibility index (Phi) is 8.17. The monoisotopic (exact) mass is 478 g/mol. The van der Waals surface area contributed by atoms with Crippen molar-refractivity contribution >= 4 is 29.5 Å². The van der Waals surface area contributed by atoms with Gasteiger partial charge in [0.15, 0.2) is 5.76 Å². The lowest BCUT2D eigenvalue weighted by molar-refractivity contribution is -0.140. The van der Waals surface area contributed by atoms with Gasteiger partial charge in [-0.2, -0.15) is 0 Å². The topological polar surface area (TPSA) is 130 Å². The normalized spacial score (nSPS) is 17.2. The summed E-state index contributed by atoms with van der Waals surface area (Å²) in [5.74, 6) is -3.23. The Bertz CT molecular complexity index is 1050. The molecule has 4 amide bonds. The minimum atomic E-state index is -1.08. The van der Waals surface area contributed by atoms with Crippen LogP contribution in [0.25, 0.3) is 0 Å². The van der Waals surface area contributed by atoms with Crippen LogP contribution in [0.2, 0.25) is 0 Å². The van der Waals surface area contributed by atoms with E-state index in [1.807, 2.05) is 0 Å². The third-order valence-corrected chi connectivity index (χ3v) is 5.24. The molecule has 1 aliphatic heterocycles. The summed E-state index contributed by atoms with van der Waals surface area (Å²) in [5.41, 5.74) is -0.246. The molecule has 3 rings (SSSR count). The van der Waals surface area contributed by atoms with E-state index in [9.17, 15) is 28.0 Å². The van der Waals surface area contributed by atoms with Crippen LogP contribution in [-0.4, -0.2) is 61.0 Å². The van der Waals surface area contributed by atoms with E-state index in [4.69, 9.17) is 4.42 Å². The maximum absolute atomic E-state index is 13.9. The predicted octanol–water partition coefficient (Wildman–Crippen LogP) is 2.03. The van der Waals surface area contributed by atoms with Gasteiger partial charge in [0, 0.05) is 25.6 Å². The first-order valence-corrected chi connectivity index (χ1v) is 10.5. The minimum absolute atomic E-state index is 0.0296. The molecule has 12 heteroatoms. The average Bonchev–Trinajstić information content (AvgIpc) is 3.48. The van der Waals surface area contributed by atoms with Crippen molar-refractivity contribution in [3.05, 3.63) is 54.0 Å². The fourth-order valence-corrected chi connectivity index (χ4v) is 3.61. The zero-order valence-corrected chi connectivity index (χ0v) is 18.3. The number of amides is 4. The minimum Gasteiger partial charge on any atom is -0.469 e. The van der Waals surface area contributed by atoms with E-state index in [1.165, 1.54) is 30.4 Å². The average molecular weight is 478 g/mol. The highest BCUT2D eigenvalue weighted by molar-refractivity contribution is 5.97. The Morgan fingerprint density at radius 2 is 2.00 bits per heavy atom. The number of urea groups is 1. The molecule has 1 aromatic heterocycles. The van der Waals surface area contributed by atoms with Crippen molar-refractivity contribution in [2.45, 2.75) is 31.3 Å². The number of anilines is 1. The quantitative estimate of drug-likeness (QED) is 0.393. The van der Waals surface area contributed by atoms with Gasteiger partial charge in [-0.05, 0) is 37.1 Å². The third-order valence-electron chi connectivity index (χ3n) is 5.24. The van der Waals surface area contributed by atoms with Gasteiger partial charge in [-0.15, -0.1) is 0 Å². The van der Waals surface area contributed by atoms with Crippen molar-refractivity contribution in [3.8, 4) is 0 Å². The molecule has 3 N–H and O–H groups in total. The van der Waals surface area contributed by atoms with Crippen LogP contribution < -0.4 is 16.0 Å². The number of nitrogens with one attached hydrogen (secondary N) is 3. The fraction of sp³-hybridized carbons (Fsp3) is 0.364. The Labute approximate surface area is 193 Å². The molecule has 1 fully saturated rings. The summed E-state index contributed by atoms with van der Waals surface area (Å²) in [7, 11) is 1.26. The third kappa shape index (κ3) is 6.09. The van der Waals surface area contributed by atoms with E-state index in [2.05, 4.69) is 20.7 Å². The number of benzene rings is 1. The second-order valence-electron chi connectivity index (χ2n) is 7.51. The first-order chi connectivity index (χ1) is 16.3. The van der Waals surface area contributed by atoms with Gasteiger partial charge in [-0.25, -0.2) is 13.6 Å². The van der Waals surface area contributed by atoms with Crippen molar-refractivity contribution < 1.29 is 37.1 Å². The molecule has 2 heterocycles. The van der Waals surface area contributed by atoms with Crippen LogP contribution in [-0.2, 0) is 14.3 Å². The molecule has 0 spiro atoms. The van der Waals surface area contributed by atoms with Gasteiger partial charge in [0.1, 0.15) is 17.7 Å². The largest absolute Gasteiger partial charge is 0.469 e. The number of methoxy groups -OCH3 is 1. The van der Waals surface area contributed by atoms with Crippen LogP contribution in [0.15, 0.2) is 41.0 Å². The van der Waals surface area contributed by atoms with E-state index in [-0.39, 0.29) is 37.4 Å². The number of halogens is 2. The molecule has 0 radical (unpaired) electrons. The number of hydrogen-bond acceptors (Lipinski definition) is 6. The first-order valence-electron chi connectivity index (χ1n) is 10.5. The summed E-state index contributed by atoms with van der Waals surface area (Å²) in [6.07, 6.45) is 1.99. The summed E-state index contributed by atoms with van der Waals surface area (Å²) in [6, 6.07) is 2.96. The number of hydrogen-bond donors (Lipinski definition) is 3. The Balaban J connectivity index is 1.69. The maximum Gasteiger partial charge on any atom is 0.319 e. The maximum atomic E-state index is 13.9. The van der Waals surface area contributed by atoms with E-state index < -0.39 is 47.5 Å². The molecular weight excluding hydrogens is 454 g/mol. The number of carbonyl (C=O) groups is 4. The molecule has 10 nitrogen and oxygen atoms in total. The van der Waals surface area contributed by atoms with Crippen LogP contribution in [0.4, 0.5) is 19.3 Å². The van der Waals surface area contributed by atoms with Crippen molar-refractivity contribution in [1.82, 2.24) is 15.5 Å². The molecule has 34 heavy (non-hydrogen) atoms. The van der Waals surface area contributed by atoms with E-state index >= 15 is 0 Å². The molecule has 0 bridgehead atoms. The molecule has 0 aliphatic carbocycles. The molecule has 0 saturated carbocycles. The number of rotatable bonds is 8. The van der Waals surface area contributed by atoms with Gasteiger partial charge < -0.3 is 30.0 Å². The van der Waals surface area contributed by atoms with E-state index in [0.29, 0.717) is 12.5 Å². The molecule has 2 unspecified atom stereocenters. The van der Waals surface area contributed by atoms with Gasteiger partial charge >= 0.3 is 12.0 Å². The van der Waals surface area contributed by atoms with Gasteiger partial charge in [-0.3, -0.25) is 14.4 Å². The summed E-state index contributed by atoms with van der Waals surface area (Å²) >= 11 is 0. The zero-order valence-electron chi connectivity index (χ0n) is 18.3. The summed E-state index contributed by atoms with van der Waals surface area (Å²) < 4.78 is 36.7. The number of likely N-dealkylation sites (tertiary alicyclic amines) is 1. The SMILES string of the molecule is COC(=O)CCCNC(=O)C1C(NC(=O)Nc2ccc(F)cc2F)CCN1C(=O)c1ccco1. The second kappa shape index (κ2) is 11.3. The van der Waals surface area contributed by atoms with E-state index in [0.717, 1.165) is 12.1 Å². The molecular formula is C22H24F2N4O6. The molecule has 182 valence electrons. The summed E-state index contributed by atoms with van der Waals surface area (Å²) in [4.78, 5) is 50.8. The number of carbonyl (C=O) groups excluding carboxylic acids is 4. The number of furan rings is 1. The van der Waals surface area contributed by atoms with E-state index in [1.54, 1.807) is 0 Å². The summed E-state index contributed by atoms with van der Waals surface area (Å²) in [5, 5.41) is 7.51. The van der Waals surface area contributed by atoms with Crippen LogP contribution in [0, 0.1) is 11.6 Å². The number of nitrogens with zero attached hydrogens (tertiary/aromatic N) is 1. The van der Waals surface area contributed by atoms with Crippen LogP contribution in [0.1, 0.15) is 29.8 Å². The number of ether oxygens (including phenoxy) is 1. The first kappa shape index (κ1) is 24.7. The summed E-state index contributed by atoms with van der Waals surface area (Å²) in [6.45, 7) is 0.294. The lowest BCUT2D eigenvalue weighted by Gasteiger charge is -2.27. The number of esters is 1. The Hall–Kier alpha value is -3.96. The van der Waals surface area contributed by atoms with Crippen LogP contribution in [0.5, 0.6) is 0 Å². The van der Waals surface area contributed by atoms with Gasteiger partial charge in [0.2, 0.25) is 5.91 Å². The molecule has 2 atom stereocenters. The second-order valence-corrected chi connectivity index (χ2v) is 7.51. The van der Waals surface area contributed by atoms with Crippen LogP contribution >= 0.6 is 0 Å². The van der Waals surface area contributed by atoms with Crippen molar-refractivity contribution in [3.63, 3.8) is 0 Å². The van der Waals surface area contributed by atoms with Crippen molar-refractivity contribution in [1.29, 1.82) is 0 Å². The zero-order chi connectivity index (χ0) is 24.7. The van der Waals surface area contributed by atoms with Crippen molar-refractivity contribution in [2.75, 3.05) is 25.5 Å². The molecule has 1 aromatic carbocycles. The van der Waals surface area contributed by atoms with Gasteiger partial charge in [0.05, 0.1) is 25.1 Å². The lowest BCUT2D eigenvalue weighted by Crippen LogP contribution is -2.55. The highest BCUT2D eigenvalue weighted by atomic mass is 19.1. The molecule has 2 aromatic rings. The van der Waals surface area contributed by atoms with Crippen molar-refractivity contribution in [2.24, 2.45) is 0 Å². The highest BCUT2D eigenvalue weighted by Gasteiger charge is 2.43. The Morgan fingerprint density at radius 1 is 1.21 bits per heavy atom. The van der Waals surface area contributed by atoms with Gasteiger partial charge in [0.25, 0.3) is 5.91 Å². The lowest BCUT2D eigenvalue weighted by atomic mass is 10.1.